The lowest BCUT2D eigenvalue weighted by Crippen LogP contribution is -2.60. The van der Waals surface area contributed by atoms with Crippen LogP contribution in [-0.2, 0) is 4.74 Å². The normalized spacial score (nSPS) is 37.3. The van der Waals surface area contributed by atoms with Crippen molar-refractivity contribution in [2.45, 2.75) is 64.0 Å². The SMILES string of the molecule is CC(C)C1CCCCC1(CN)NCC1CCCO1. The van der Waals surface area contributed by atoms with E-state index in [0.29, 0.717) is 12.0 Å². The quantitative estimate of drug-likeness (QED) is 0.791. The molecule has 0 radical (unpaired) electrons. The van der Waals surface area contributed by atoms with Crippen molar-refractivity contribution in [3.8, 4) is 0 Å². The van der Waals surface area contributed by atoms with Gasteiger partial charge in [0.25, 0.3) is 0 Å². The fourth-order valence-electron chi connectivity index (χ4n) is 3.91. The summed E-state index contributed by atoms with van der Waals surface area (Å²) >= 11 is 0. The van der Waals surface area contributed by atoms with Crippen LogP contribution in [0.3, 0.4) is 0 Å². The van der Waals surface area contributed by atoms with Crippen LogP contribution in [0.2, 0.25) is 0 Å². The molecule has 2 rings (SSSR count). The van der Waals surface area contributed by atoms with Crippen molar-refractivity contribution >= 4 is 0 Å². The largest absolute Gasteiger partial charge is 0.377 e. The predicted molar refractivity (Wildman–Crippen MR) is 75.6 cm³/mol. The monoisotopic (exact) mass is 254 g/mol. The minimum atomic E-state index is 0.165. The number of rotatable bonds is 5. The molecule has 2 aliphatic rings. The molecule has 1 saturated carbocycles. The molecule has 2 fully saturated rings. The van der Waals surface area contributed by atoms with Gasteiger partial charge in [-0.15, -0.1) is 0 Å². The molecule has 18 heavy (non-hydrogen) atoms. The van der Waals surface area contributed by atoms with E-state index in [4.69, 9.17) is 10.5 Å². The van der Waals surface area contributed by atoms with E-state index in [1.165, 1.54) is 38.5 Å². The van der Waals surface area contributed by atoms with Crippen molar-refractivity contribution in [1.29, 1.82) is 0 Å². The average molecular weight is 254 g/mol. The molecule has 0 bridgehead atoms. The second-order valence-electron chi connectivity index (χ2n) is 6.47. The van der Waals surface area contributed by atoms with Gasteiger partial charge in [0.15, 0.2) is 0 Å². The molecule has 0 spiro atoms. The molecule has 1 aliphatic heterocycles. The van der Waals surface area contributed by atoms with Gasteiger partial charge in [-0.2, -0.15) is 0 Å². The number of hydrogen-bond donors (Lipinski definition) is 2. The second kappa shape index (κ2) is 6.36. The van der Waals surface area contributed by atoms with Crippen molar-refractivity contribution < 1.29 is 4.74 Å². The zero-order valence-corrected chi connectivity index (χ0v) is 12.1. The van der Waals surface area contributed by atoms with Gasteiger partial charge in [0.1, 0.15) is 0 Å². The Bertz CT molecular complexity index is 251. The number of hydrogen-bond acceptors (Lipinski definition) is 3. The standard InChI is InChI=1S/C15H30N2O/c1-12(2)14-7-3-4-8-15(14,11-16)17-10-13-6-5-9-18-13/h12-14,17H,3-11,16H2,1-2H3. The maximum absolute atomic E-state index is 6.15. The Kier molecular flexibility index (Phi) is 5.05. The first-order chi connectivity index (χ1) is 8.68. The highest BCUT2D eigenvalue weighted by molar-refractivity contribution is 4.99. The van der Waals surface area contributed by atoms with E-state index in [-0.39, 0.29) is 5.54 Å². The Morgan fingerprint density at radius 2 is 2.11 bits per heavy atom. The fraction of sp³-hybridized carbons (Fsp3) is 1.00. The van der Waals surface area contributed by atoms with Gasteiger partial charge in [-0.05, 0) is 37.5 Å². The van der Waals surface area contributed by atoms with Crippen LogP contribution in [0.1, 0.15) is 52.4 Å². The first kappa shape index (κ1) is 14.3. The zero-order chi connectivity index (χ0) is 13.0. The van der Waals surface area contributed by atoms with Crippen LogP contribution < -0.4 is 11.1 Å². The van der Waals surface area contributed by atoms with Gasteiger partial charge >= 0.3 is 0 Å². The summed E-state index contributed by atoms with van der Waals surface area (Å²) in [5.74, 6) is 1.43. The van der Waals surface area contributed by atoms with Crippen molar-refractivity contribution in [3.05, 3.63) is 0 Å². The van der Waals surface area contributed by atoms with Gasteiger partial charge in [0.2, 0.25) is 0 Å². The molecular weight excluding hydrogens is 224 g/mol. The first-order valence-electron chi connectivity index (χ1n) is 7.74. The third kappa shape index (κ3) is 3.06. The lowest BCUT2D eigenvalue weighted by molar-refractivity contribution is 0.0672. The van der Waals surface area contributed by atoms with E-state index in [0.717, 1.165) is 25.6 Å². The van der Waals surface area contributed by atoms with E-state index >= 15 is 0 Å². The van der Waals surface area contributed by atoms with Crippen LogP contribution in [0, 0.1) is 11.8 Å². The van der Waals surface area contributed by atoms with Gasteiger partial charge in [0.05, 0.1) is 6.10 Å². The van der Waals surface area contributed by atoms with Crippen LogP contribution in [-0.4, -0.2) is 31.3 Å². The van der Waals surface area contributed by atoms with E-state index in [1.54, 1.807) is 0 Å². The highest BCUT2D eigenvalue weighted by Gasteiger charge is 2.41. The molecule has 3 heteroatoms. The number of ether oxygens (including phenoxy) is 1. The van der Waals surface area contributed by atoms with Crippen LogP contribution in [0.5, 0.6) is 0 Å². The van der Waals surface area contributed by atoms with Crippen LogP contribution >= 0.6 is 0 Å². The van der Waals surface area contributed by atoms with E-state index in [1.807, 2.05) is 0 Å². The summed E-state index contributed by atoms with van der Waals surface area (Å²) in [5, 5.41) is 3.81. The molecule has 0 aromatic carbocycles. The third-order valence-electron chi connectivity index (χ3n) is 4.97. The maximum atomic E-state index is 6.15. The van der Waals surface area contributed by atoms with E-state index in [2.05, 4.69) is 19.2 Å². The summed E-state index contributed by atoms with van der Waals surface area (Å²) < 4.78 is 5.73. The third-order valence-corrected chi connectivity index (χ3v) is 4.97. The molecule has 0 aromatic rings. The molecule has 3 N–H and O–H groups in total. The molecule has 3 atom stereocenters. The number of nitrogens with one attached hydrogen (secondary N) is 1. The van der Waals surface area contributed by atoms with Crippen LogP contribution in [0.25, 0.3) is 0 Å². The molecule has 1 heterocycles. The minimum absolute atomic E-state index is 0.165. The Morgan fingerprint density at radius 1 is 1.28 bits per heavy atom. The number of nitrogens with two attached hydrogens (primary N) is 1. The minimum Gasteiger partial charge on any atom is -0.377 e. The van der Waals surface area contributed by atoms with Gasteiger partial charge in [-0.1, -0.05) is 26.7 Å². The molecule has 0 amide bonds. The van der Waals surface area contributed by atoms with Gasteiger partial charge in [0, 0.05) is 25.2 Å². The van der Waals surface area contributed by atoms with Crippen molar-refractivity contribution in [1.82, 2.24) is 5.32 Å². The van der Waals surface area contributed by atoms with E-state index in [9.17, 15) is 0 Å². The molecule has 3 unspecified atom stereocenters. The van der Waals surface area contributed by atoms with Gasteiger partial charge in [-0.25, -0.2) is 0 Å². The lowest BCUT2D eigenvalue weighted by atomic mass is 9.67. The van der Waals surface area contributed by atoms with Crippen molar-refractivity contribution in [2.75, 3.05) is 19.7 Å². The Hall–Kier alpha value is -0.120. The van der Waals surface area contributed by atoms with Crippen molar-refractivity contribution in [2.24, 2.45) is 17.6 Å². The molecule has 3 nitrogen and oxygen atoms in total. The fourth-order valence-corrected chi connectivity index (χ4v) is 3.91. The molecule has 0 aromatic heterocycles. The zero-order valence-electron chi connectivity index (χ0n) is 12.1. The first-order valence-corrected chi connectivity index (χ1v) is 7.74. The lowest BCUT2D eigenvalue weighted by Gasteiger charge is -2.47. The Balaban J connectivity index is 1.97. The summed E-state index contributed by atoms with van der Waals surface area (Å²) in [6, 6.07) is 0. The average Bonchev–Trinajstić information content (AvgIpc) is 2.89. The Labute approximate surface area is 112 Å². The molecule has 1 saturated heterocycles. The second-order valence-corrected chi connectivity index (χ2v) is 6.47. The predicted octanol–water partition coefficient (Wildman–Crippen LogP) is 2.30. The maximum Gasteiger partial charge on any atom is 0.0700 e. The summed E-state index contributed by atoms with van der Waals surface area (Å²) in [6.45, 7) is 7.38. The summed E-state index contributed by atoms with van der Waals surface area (Å²) in [5.41, 5.74) is 6.31. The topological polar surface area (TPSA) is 47.3 Å². The highest BCUT2D eigenvalue weighted by atomic mass is 16.5. The van der Waals surface area contributed by atoms with Crippen LogP contribution in [0.15, 0.2) is 0 Å². The smallest absolute Gasteiger partial charge is 0.0700 e. The van der Waals surface area contributed by atoms with Crippen LogP contribution in [0.4, 0.5) is 0 Å². The van der Waals surface area contributed by atoms with Crippen molar-refractivity contribution in [3.63, 3.8) is 0 Å². The summed E-state index contributed by atoms with van der Waals surface area (Å²) in [7, 11) is 0. The van der Waals surface area contributed by atoms with Gasteiger partial charge < -0.3 is 15.8 Å². The summed E-state index contributed by atoms with van der Waals surface area (Å²) in [4.78, 5) is 0. The van der Waals surface area contributed by atoms with Gasteiger partial charge in [-0.3, -0.25) is 0 Å². The Morgan fingerprint density at radius 3 is 2.72 bits per heavy atom. The summed E-state index contributed by atoms with van der Waals surface area (Å²) in [6.07, 6.45) is 8.09. The van der Waals surface area contributed by atoms with E-state index < -0.39 is 0 Å². The highest BCUT2D eigenvalue weighted by Crippen LogP contribution is 2.38. The molecular formula is C15H30N2O. The molecule has 1 aliphatic carbocycles. The molecule has 106 valence electrons.